The number of urea groups is 1. The van der Waals surface area contributed by atoms with Gasteiger partial charge in [0.15, 0.2) is 0 Å². The van der Waals surface area contributed by atoms with Crippen molar-refractivity contribution < 1.29 is 27.5 Å². The quantitative estimate of drug-likeness (QED) is 0.753. The summed E-state index contributed by atoms with van der Waals surface area (Å²) < 4.78 is 40.7. The molecule has 27 heavy (non-hydrogen) atoms. The van der Waals surface area contributed by atoms with Crippen LogP contribution >= 0.6 is 0 Å². The number of benzene rings is 1. The summed E-state index contributed by atoms with van der Waals surface area (Å²) in [6.07, 6.45) is -4.35. The van der Waals surface area contributed by atoms with Gasteiger partial charge in [-0.25, -0.2) is 4.79 Å². The average Bonchev–Trinajstić information content (AvgIpc) is 2.50. The Bertz CT molecular complexity index is 625. The molecular weight excluding hydrogens is 363 g/mol. The van der Waals surface area contributed by atoms with Crippen LogP contribution in [0.15, 0.2) is 24.3 Å². The van der Waals surface area contributed by atoms with Crippen molar-refractivity contribution in [3.63, 3.8) is 0 Å². The van der Waals surface area contributed by atoms with Gasteiger partial charge >= 0.3 is 12.2 Å². The maximum Gasteiger partial charge on any atom is 0.411 e. The Balaban J connectivity index is 2.39. The van der Waals surface area contributed by atoms with Crippen molar-refractivity contribution in [2.24, 2.45) is 0 Å². The van der Waals surface area contributed by atoms with Gasteiger partial charge in [0.25, 0.3) is 0 Å². The van der Waals surface area contributed by atoms with E-state index in [0.717, 1.165) is 5.56 Å². The number of hydrogen-bond donors (Lipinski definition) is 2. The van der Waals surface area contributed by atoms with Crippen molar-refractivity contribution in [2.75, 3.05) is 20.2 Å². The summed E-state index contributed by atoms with van der Waals surface area (Å²) in [5, 5.41) is 5.44. The molecule has 2 N–H and O–H groups in total. The summed E-state index contributed by atoms with van der Waals surface area (Å²) in [5.41, 5.74) is 1.00. The molecule has 1 aromatic carbocycles. The minimum absolute atomic E-state index is 0.0708. The van der Waals surface area contributed by atoms with Gasteiger partial charge < -0.3 is 20.3 Å². The molecule has 0 fully saturated rings. The minimum Gasteiger partial charge on any atom is -0.367 e. The van der Waals surface area contributed by atoms with Crippen LogP contribution in [0, 0.1) is 0 Å². The number of rotatable bonds is 7. The van der Waals surface area contributed by atoms with Crippen molar-refractivity contribution in [2.45, 2.75) is 45.6 Å². The fourth-order valence-corrected chi connectivity index (χ4v) is 2.10. The number of ether oxygens (including phenoxy) is 1. The van der Waals surface area contributed by atoms with Crippen LogP contribution in [0.1, 0.15) is 31.9 Å². The fraction of sp³-hybridized carbons (Fsp3) is 0.556. The van der Waals surface area contributed by atoms with Gasteiger partial charge in [0.2, 0.25) is 5.91 Å². The Kier molecular flexibility index (Phi) is 8.08. The zero-order valence-corrected chi connectivity index (χ0v) is 15.9. The molecule has 152 valence electrons. The summed E-state index contributed by atoms with van der Waals surface area (Å²) >= 11 is 0. The number of carbonyl (C=O) groups excluding carboxylic acids is 2. The van der Waals surface area contributed by atoms with Crippen LogP contribution in [0.25, 0.3) is 0 Å². The largest absolute Gasteiger partial charge is 0.411 e. The van der Waals surface area contributed by atoms with E-state index in [4.69, 9.17) is 0 Å². The molecule has 0 aromatic heterocycles. The Morgan fingerprint density at radius 3 is 2.15 bits per heavy atom. The second-order valence-electron chi connectivity index (χ2n) is 7.24. The summed E-state index contributed by atoms with van der Waals surface area (Å²) in [6, 6.07) is 6.26. The van der Waals surface area contributed by atoms with Crippen LogP contribution < -0.4 is 10.6 Å². The zero-order valence-electron chi connectivity index (χ0n) is 15.9. The lowest BCUT2D eigenvalue weighted by molar-refractivity contribution is -0.176. The molecule has 0 aliphatic carbocycles. The Labute approximate surface area is 157 Å². The van der Waals surface area contributed by atoms with Crippen LogP contribution in [-0.4, -0.2) is 48.8 Å². The van der Waals surface area contributed by atoms with Gasteiger partial charge in [-0.3, -0.25) is 4.79 Å². The molecule has 0 aliphatic rings. The molecule has 1 rings (SSSR count). The third-order valence-electron chi connectivity index (χ3n) is 3.24. The van der Waals surface area contributed by atoms with E-state index >= 15 is 0 Å². The molecule has 0 saturated carbocycles. The van der Waals surface area contributed by atoms with Crippen LogP contribution in [-0.2, 0) is 22.7 Å². The predicted molar refractivity (Wildman–Crippen MR) is 94.9 cm³/mol. The van der Waals surface area contributed by atoms with Gasteiger partial charge in [0, 0.05) is 19.1 Å². The first kappa shape index (κ1) is 22.8. The van der Waals surface area contributed by atoms with E-state index in [9.17, 15) is 22.8 Å². The number of halogens is 3. The van der Waals surface area contributed by atoms with Crippen LogP contribution in [0.2, 0.25) is 0 Å². The van der Waals surface area contributed by atoms with Gasteiger partial charge in [0.1, 0.15) is 13.2 Å². The minimum atomic E-state index is -4.35. The first-order valence-corrected chi connectivity index (χ1v) is 8.38. The normalized spacial score (nSPS) is 11.8. The zero-order chi connectivity index (χ0) is 20.7. The topological polar surface area (TPSA) is 70.7 Å². The highest BCUT2D eigenvalue weighted by molar-refractivity contribution is 5.84. The van der Waals surface area contributed by atoms with E-state index in [2.05, 4.69) is 15.4 Å². The lowest BCUT2D eigenvalue weighted by atomic mass is 10.1. The molecule has 0 heterocycles. The SMILES string of the molecule is CN(CC(=O)NC(C)(C)C)C(=O)NCc1ccc(COCC(F)(F)F)cc1. The van der Waals surface area contributed by atoms with Gasteiger partial charge in [0.05, 0.1) is 6.61 Å². The third kappa shape index (κ3) is 10.4. The predicted octanol–water partition coefficient (Wildman–Crippen LogP) is 2.82. The first-order chi connectivity index (χ1) is 12.4. The number of carbonyl (C=O) groups is 2. The van der Waals surface area contributed by atoms with Crippen molar-refractivity contribution in [3.8, 4) is 0 Å². The maximum absolute atomic E-state index is 12.0. The van der Waals surface area contributed by atoms with E-state index in [0.29, 0.717) is 5.56 Å². The van der Waals surface area contributed by atoms with E-state index in [1.165, 1.54) is 11.9 Å². The molecule has 6 nitrogen and oxygen atoms in total. The maximum atomic E-state index is 12.0. The van der Waals surface area contributed by atoms with Gasteiger partial charge in [-0.2, -0.15) is 13.2 Å². The highest BCUT2D eigenvalue weighted by atomic mass is 19.4. The second kappa shape index (κ2) is 9.59. The Morgan fingerprint density at radius 1 is 1.07 bits per heavy atom. The van der Waals surface area contributed by atoms with E-state index in [1.54, 1.807) is 24.3 Å². The van der Waals surface area contributed by atoms with Crippen molar-refractivity contribution in [1.29, 1.82) is 0 Å². The number of alkyl halides is 3. The lowest BCUT2D eigenvalue weighted by Crippen LogP contribution is -2.48. The fourth-order valence-electron chi connectivity index (χ4n) is 2.10. The first-order valence-electron chi connectivity index (χ1n) is 8.38. The summed E-state index contributed by atoms with van der Waals surface area (Å²) in [7, 11) is 1.51. The van der Waals surface area contributed by atoms with E-state index in [-0.39, 0.29) is 31.1 Å². The van der Waals surface area contributed by atoms with E-state index in [1.807, 2.05) is 20.8 Å². The number of nitrogens with one attached hydrogen (secondary N) is 2. The molecule has 3 amide bonds. The van der Waals surface area contributed by atoms with Gasteiger partial charge in [-0.15, -0.1) is 0 Å². The number of likely N-dealkylation sites (N-methyl/N-ethyl adjacent to an activating group) is 1. The van der Waals surface area contributed by atoms with Crippen LogP contribution in [0.4, 0.5) is 18.0 Å². The highest BCUT2D eigenvalue weighted by Crippen LogP contribution is 2.15. The highest BCUT2D eigenvalue weighted by Gasteiger charge is 2.27. The molecule has 9 heteroatoms. The average molecular weight is 389 g/mol. The molecule has 1 aromatic rings. The molecule has 0 atom stereocenters. The Hall–Kier alpha value is -2.29. The number of nitrogens with zero attached hydrogens (tertiary/aromatic N) is 1. The second-order valence-corrected chi connectivity index (χ2v) is 7.24. The summed E-state index contributed by atoms with van der Waals surface area (Å²) in [4.78, 5) is 25.1. The molecule has 0 radical (unpaired) electrons. The molecule has 0 saturated heterocycles. The smallest absolute Gasteiger partial charge is 0.367 e. The molecule has 0 bridgehead atoms. The van der Waals surface area contributed by atoms with Gasteiger partial charge in [-0.1, -0.05) is 24.3 Å². The van der Waals surface area contributed by atoms with Crippen molar-refractivity contribution in [3.05, 3.63) is 35.4 Å². The lowest BCUT2D eigenvalue weighted by Gasteiger charge is -2.23. The molecule has 0 unspecified atom stereocenters. The molecule has 0 spiro atoms. The van der Waals surface area contributed by atoms with Crippen LogP contribution in [0.5, 0.6) is 0 Å². The number of hydrogen-bond acceptors (Lipinski definition) is 3. The van der Waals surface area contributed by atoms with Crippen molar-refractivity contribution in [1.82, 2.24) is 15.5 Å². The molecular formula is C18H26F3N3O3. The summed E-state index contributed by atoms with van der Waals surface area (Å²) in [5.74, 6) is -0.261. The van der Waals surface area contributed by atoms with Crippen molar-refractivity contribution >= 4 is 11.9 Å². The Morgan fingerprint density at radius 2 is 1.63 bits per heavy atom. The van der Waals surface area contributed by atoms with Gasteiger partial charge in [-0.05, 0) is 31.9 Å². The van der Waals surface area contributed by atoms with E-state index < -0.39 is 18.8 Å². The number of amides is 3. The summed E-state index contributed by atoms with van der Waals surface area (Å²) in [6.45, 7) is 4.28. The standard InChI is InChI=1S/C18H26F3N3O3/c1-17(2,3)23-15(25)10-24(4)16(26)22-9-13-5-7-14(8-6-13)11-27-12-18(19,20)21/h5-8H,9-12H2,1-4H3,(H,22,26)(H,23,25). The molecule has 0 aliphatic heterocycles. The van der Waals surface area contributed by atoms with Crippen LogP contribution in [0.3, 0.4) is 0 Å². The monoisotopic (exact) mass is 389 g/mol. The third-order valence-corrected chi connectivity index (χ3v) is 3.24.